The fraction of sp³-hybridized carbons (Fsp3) is 0.250. The van der Waals surface area contributed by atoms with Crippen molar-refractivity contribution in [1.82, 2.24) is 29.9 Å². The maximum atomic E-state index is 12.4. The van der Waals surface area contributed by atoms with Crippen LogP contribution < -0.4 is 10.1 Å². The lowest BCUT2D eigenvalue weighted by atomic mass is 10.1. The average Bonchev–Trinajstić information content (AvgIpc) is 3.37. The van der Waals surface area contributed by atoms with Crippen molar-refractivity contribution in [2.75, 3.05) is 13.7 Å². The van der Waals surface area contributed by atoms with Crippen LogP contribution in [0.15, 0.2) is 60.9 Å². The first-order chi connectivity index (χ1) is 15.5. The van der Waals surface area contributed by atoms with Crippen LogP contribution in [0.5, 0.6) is 5.75 Å². The first kappa shape index (κ1) is 21.3. The van der Waals surface area contributed by atoms with Crippen molar-refractivity contribution in [2.45, 2.75) is 26.9 Å². The number of hydrogen-bond donors (Lipinski definition) is 1. The van der Waals surface area contributed by atoms with Crippen LogP contribution in [0.4, 0.5) is 0 Å². The number of aryl methyl sites for hydroxylation is 2. The summed E-state index contributed by atoms with van der Waals surface area (Å²) in [6.45, 7) is 5.03. The highest BCUT2D eigenvalue weighted by atomic mass is 16.5. The first-order valence-corrected chi connectivity index (χ1v) is 10.4. The number of benzene rings is 1. The Hall–Kier alpha value is -3.94. The van der Waals surface area contributed by atoms with Gasteiger partial charge in [0, 0.05) is 35.8 Å². The molecule has 0 fully saturated rings. The van der Waals surface area contributed by atoms with E-state index in [1.807, 2.05) is 67.1 Å². The maximum Gasteiger partial charge on any atom is 0.241 e. The van der Waals surface area contributed by atoms with Gasteiger partial charge >= 0.3 is 0 Å². The molecule has 4 aromatic rings. The smallest absolute Gasteiger partial charge is 0.241 e. The Labute approximate surface area is 186 Å². The monoisotopic (exact) mass is 430 g/mol. The maximum absolute atomic E-state index is 12.4. The minimum absolute atomic E-state index is 0.0845. The topological polar surface area (TPSA) is 86.9 Å². The second-order valence-electron chi connectivity index (χ2n) is 7.55. The predicted octanol–water partition coefficient (Wildman–Crippen LogP) is 3.25. The number of nitrogens with zero attached hydrogens (tertiary/aromatic N) is 5. The molecule has 1 amide bonds. The predicted molar refractivity (Wildman–Crippen MR) is 122 cm³/mol. The largest absolute Gasteiger partial charge is 0.497 e. The summed E-state index contributed by atoms with van der Waals surface area (Å²) in [5, 5.41) is 12.1. The van der Waals surface area contributed by atoms with Crippen LogP contribution in [0.3, 0.4) is 0 Å². The number of carbonyl (C=O) groups is 1. The third kappa shape index (κ3) is 4.85. The quantitative estimate of drug-likeness (QED) is 0.464. The first-order valence-electron chi connectivity index (χ1n) is 10.4. The van der Waals surface area contributed by atoms with Crippen molar-refractivity contribution in [1.29, 1.82) is 0 Å². The molecule has 8 nitrogen and oxygen atoms in total. The normalized spacial score (nSPS) is 10.8. The van der Waals surface area contributed by atoms with Gasteiger partial charge in [0.05, 0.1) is 30.7 Å². The van der Waals surface area contributed by atoms with Gasteiger partial charge in [-0.2, -0.15) is 10.2 Å². The van der Waals surface area contributed by atoms with Gasteiger partial charge in [0.25, 0.3) is 0 Å². The molecule has 0 saturated carbocycles. The molecule has 4 rings (SSSR count). The van der Waals surface area contributed by atoms with Crippen LogP contribution in [0.25, 0.3) is 22.5 Å². The highest BCUT2D eigenvalue weighted by molar-refractivity contribution is 5.75. The molecular weight excluding hydrogens is 404 g/mol. The Morgan fingerprint density at radius 2 is 1.88 bits per heavy atom. The van der Waals surface area contributed by atoms with E-state index in [-0.39, 0.29) is 12.5 Å². The summed E-state index contributed by atoms with van der Waals surface area (Å²) in [6, 6.07) is 15.7. The van der Waals surface area contributed by atoms with Gasteiger partial charge < -0.3 is 10.1 Å². The van der Waals surface area contributed by atoms with Gasteiger partial charge in [-0.1, -0.05) is 12.1 Å². The van der Waals surface area contributed by atoms with Crippen molar-refractivity contribution in [3.63, 3.8) is 0 Å². The summed E-state index contributed by atoms with van der Waals surface area (Å²) in [6.07, 6.45) is 3.53. The van der Waals surface area contributed by atoms with Gasteiger partial charge in [-0.15, -0.1) is 0 Å². The molecule has 0 saturated heterocycles. The lowest BCUT2D eigenvalue weighted by molar-refractivity contribution is -0.121. The van der Waals surface area contributed by atoms with Crippen molar-refractivity contribution in [2.24, 2.45) is 0 Å². The molecule has 1 aromatic carbocycles. The van der Waals surface area contributed by atoms with Crippen LogP contribution in [-0.4, -0.2) is 44.1 Å². The third-order valence-electron chi connectivity index (χ3n) is 5.15. The summed E-state index contributed by atoms with van der Waals surface area (Å²) < 4.78 is 9.00. The Morgan fingerprint density at radius 3 is 2.59 bits per heavy atom. The molecule has 0 unspecified atom stereocenters. The number of methoxy groups -OCH3 is 1. The van der Waals surface area contributed by atoms with Crippen molar-refractivity contribution in [3.8, 4) is 28.3 Å². The summed E-state index contributed by atoms with van der Waals surface area (Å²) in [4.78, 5) is 16.6. The molecule has 3 aromatic heterocycles. The molecule has 1 N–H and O–H groups in total. The van der Waals surface area contributed by atoms with Crippen molar-refractivity contribution in [3.05, 3.63) is 72.3 Å². The van der Waals surface area contributed by atoms with Gasteiger partial charge in [-0.05, 0) is 50.2 Å². The van der Waals surface area contributed by atoms with Gasteiger partial charge in [0.2, 0.25) is 5.91 Å². The van der Waals surface area contributed by atoms with Crippen LogP contribution in [0.1, 0.15) is 11.4 Å². The zero-order valence-electron chi connectivity index (χ0n) is 18.4. The molecular formula is C24H26N6O2. The van der Waals surface area contributed by atoms with E-state index in [4.69, 9.17) is 9.84 Å². The average molecular weight is 431 g/mol. The SMILES string of the molecule is COc1cccc(-c2cc(-c3cccnc3)nn2CCNC(=O)Cn2nc(C)cc2C)c1. The van der Waals surface area contributed by atoms with Crippen molar-refractivity contribution >= 4 is 5.91 Å². The Bertz CT molecular complexity index is 1210. The number of amides is 1. The van der Waals surface area contributed by atoms with E-state index in [9.17, 15) is 4.79 Å². The molecule has 3 heterocycles. The van der Waals surface area contributed by atoms with E-state index in [2.05, 4.69) is 15.4 Å². The van der Waals surface area contributed by atoms with Gasteiger partial charge in [0.1, 0.15) is 12.3 Å². The molecule has 8 heteroatoms. The van der Waals surface area contributed by atoms with E-state index in [0.717, 1.165) is 39.7 Å². The Balaban J connectivity index is 1.52. The zero-order valence-corrected chi connectivity index (χ0v) is 18.4. The molecule has 32 heavy (non-hydrogen) atoms. The summed E-state index contributed by atoms with van der Waals surface area (Å²) in [5.74, 6) is 0.690. The van der Waals surface area contributed by atoms with E-state index >= 15 is 0 Å². The summed E-state index contributed by atoms with van der Waals surface area (Å²) in [5.41, 5.74) is 5.55. The molecule has 0 aliphatic rings. The van der Waals surface area contributed by atoms with Gasteiger partial charge in [0.15, 0.2) is 0 Å². The number of ether oxygens (including phenoxy) is 1. The summed E-state index contributed by atoms with van der Waals surface area (Å²) in [7, 11) is 1.65. The van der Waals surface area contributed by atoms with E-state index < -0.39 is 0 Å². The number of aromatic nitrogens is 5. The standard InChI is InChI=1S/C24H26N6O2/c1-17-12-18(2)30(27-17)16-24(31)26-10-11-29-23(19-6-4-8-21(13-19)32-3)14-22(28-29)20-7-5-9-25-15-20/h4-9,12-15H,10-11,16H2,1-3H3,(H,26,31). The summed E-state index contributed by atoms with van der Waals surface area (Å²) >= 11 is 0. The Morgan fingerprint density at radius 1 is 1.03 bits per heavy atom. The molecule has 0 aliphatic heterocycles. The molecule has 0 bridgehead atoms. The van der Waals surface area contributed by atoms with E-state index in [0.29, 0.717) is 13.1 Å². The van der Waals surface area contributed by atoms with E-state index in [1.165, 1.54) is 0 Å². The van der Waals surface area contributed by atoms with E-state index in [1.54, 1.807) is 24.2 Å². The van der Waals surface area contributed by atoms with Crippen LogP contribution in [0.2, 0.25) is 0 Å². The van der Waals surface area contributed by atoms with Crippen molar-refractivity contribution < 1.29 is 9.53 Å². The lowest BCUT2D eigenvalue weighted by Gasteiger charge is -2.10. The van der Waals surface area contributed by atoms with Crippen LogP contribution in [-0.2, 0) is 17.9 Å². The highest BCUT2D eigenvalue weighted by Gasteiger charge is 2.13. The highest BCUT2D eigenvalue weighted by Crippen LogP contribution is 2.28. The Kier molecular flexibility index (Phi) is 6.30. The number of rotatable bonds is 8. The van der Waals surface area contributed by atoms with Crippen LogP contribution >= 0.6 is 0 Å². The number of pyridine rings is 1. The minimum atomic E-state index is -0.0845. The molecule has 164 valence electrons. The molecule has 0 atom stereocenters. The van der Waals surface area contributed by atoms with Gasteiger partial charge in [-0.3, -0.25) is 19.1 Å². The fourth-order valence-corrected chi connectivity index (χ4v) is 3.59. The number of nitrogens with one attached hydrogen (secondary N) is 1. The zero-order chi connectivity index (χ0) is 22.5. The number of hydrogen-bond acceptors (Lipinski definition) is 5. The molecule has 0 aliphatic carbocycles. The van der Waals surface area contributed by atoms with Crippen LogP contribution in [0, 0.1) is 13.8 Å². The molecule has 0 radical (unpaired) electrons. The second kappa shape index (κ2) is 9.47. The lowest BCUT2D eigenvalue weighted by Crippen LogP contribution is -2.31. The van der Waals surface area contributed by atoms with Gasteiger partial charge in [-0.25, -0.2) is 0 Å². The third-order valence-corrected chi connectivity index (χ3v) is 5.15. The fourth-order valence-electron chi connectivity index (χ4n) is 3.59. The molecule has 0 spiro atoms. The second-order valence-corrected chi connectivity index (χ2v) is 7.55. The number of carbonyl (C=O) groups excluding carboxylic acids is 1. The minimum Gasteiger partial charge on any atom is -0.497 e.